The monoisotopic (exact) mass is 684 g/mol. The van der Waals surface area contributed by atoms with E-state index in [1.54, 1.807) is 24.8 Å². The van der Waals surface area contributed by atoms with Crippen molar-refractivity contribution in [2.75, 3.05) is 0 Å². The third-order valence-corrected chi connectivity index (χ3v) is 27.8. The van der Waals surface area contributed by atoms with Crippen LogP contribution in [0.5, 0.6) is 0 Å². The van der Waals surface area contributed by atoms with Crippen molar-refractivity contribution in [2.24, 2.45) is 0 Å². The van der Waals surface area contributed by atoms with Gasteiger partial charge >= 0.3 is 251 Å². The van der Waals surface area contributed by atoms with Gasteiger partial charge in [0, 0.05) is 0 Å². The van der Waals surface area contributed by atoms with Crippen molar-refractivity contribution in [3.05, 3.63) is 138 Å². The van der Waals surface area contributed by atoms with Crippen LogP contribution in [0.15, 0.2) is 115 Å². The molecule has 0 spiro atoms. The topological polar surface area (TPSA) is 0 Å². The molecule has 0 amide bonds. The van der Waals surface area contributed by atoms with Crippen LogP contribution >= 0.6 is 0 Å². The van der Waals surface area contributed by atoms with E-state index in [9.17, 15) is 0 Å². The van der Waals surface area contributed by atoms with Gasteiger partial charge in [-0.05, 0) is 0 Å². The predicted molar refractivity (Wildman–Crippen MR) is 172 cm³/mol. The molecule has 2 aliphatic rings. The second kappa shape index (κ2) is 13.0. The number of hydrogen-bond acceptors (Lipinski definition) is 0. The van der Waals surface area contributed by atoms with Gasteiger partial charge in [-0.2, -0.15) is 0 Å². The predicted octanol–water partition coefficient (Wildman–Crippen LogP) is 1.82. The fourth-order valence-corrected chi connectivity index (χ4v) is 28.7. The Morgan fingerprint density at radius 1 is 0.643 bits per heavy atom. The molecule has 0 bridgehead atoms. The zero-order valence-corrected chi connectivity index (χ0v) is 30.5. The Bertz CT molecular complexity index is 1620. The first kappa shape index (κ1) is 32.9. The van der Waals surface area contributed by atoms with Crippen molar-refractivity contribution in [3.63, 3.8) is 0 Å². The van der Waals surface area contributed by atoms with E-state index in [1.165, 1.54) is 22.3 Å². The number of halogens is 2. The SMILES string of the molecule is CC(C)(C)c1ccc2c(c1)Cc1c-2ccc(C(C)(C)C)[c]1[Zr+2]([CH]1C=CC=C1)=[Si](c1ccccc1)c1ccccc1.[Cl-].[Cl-]. The maximum Gasteiger partial charge on any atom is -1.00 e. The summed E-state index contributed by atoms with van der Waals surface area (Å²) in [7, 11) is 0. The van der Waals surface area contributed by atoms with Crippen molar-refractivity contribution in [1.82, 2.24) is 0 Å². The molecule has 4 aromatic rings. The average Bonchev–Trinajstić information content (AvgIpc) is 3.59. The maximum atomic E-state index is 2.54. The van der Waals surface area contributed by atoms with Crippen LogP contribution in [0.4, 0.5) is 0 Å². The number of benzene rings is 4. The Hall–Kier alpha value is -1.96. The number of hydrogen-bond donors (Lipinski definition) is 0. The van der Waals surface area contributed by atoms with Gasteiger partial charge in [0.05, 0.1) is 0 Å². The van der Waals surface area contributed by atoms with Gasteiger partial charge in [-0.15, -0.1) is 0 Å². The van der Waals surface area contributed by atoms with Gasteiger partial charge in [0.2, 0.25) is 0 Å². The smallest absolute Gasteiger partial charge is 1.00 e. The summed E-state index contributed by atoms with van der Waals surface area (Å²) in [5.41, 5.74) is 8.38. The molecule has 0 fully saturated rings. The normalized spacial score (nSPS) is 13.5. The van der Waals surface area contributed by atoms with Gasteiger partial charge in [-0.3, -0.25) is 0 Å². The van der Waals surface area contributed by atoms with E-state index in [2.05, 4.69) is 157 Å². The summed E-state index contributed by atoms with van der Waals surface area (Å²) >= 11 is -2.49. The largest absolute Gasteiger partial charge is 1.00 e. The molecule has 0 radical (unpaired) electrons. The van der Waals surface area contributed by atoms with E-state index in [4.69, 9.17) is 0 Å². The third-order valence-electron chi connectivity index (χ3n) is 8.49. The van der Waals surface area contributed by atoms with Gasteiger partial charge < -0.3 is 24.8 Å². The quantitative estimate of drug-likeness (QED) is 0.254. The molecule has 2 aliphatic carbocycles. The van der Waals surface area contributed by atoms with E-state index < -0.39 is 25.8 Å². The van der Waals surface area contributed by atoms with Crippen molar-refractivity contribution < 1.29 is 45.2 Å². The third kappa shape index (κ3) is 6.30. The fourth-order valence-electron chi connectivity index (χ4n) is 6.45. The standard InChI is InChI=1S/C21H25.C12H10Si.C5H5.2ClH.Zr/c1-20(2,3)16-7-9-18-14(12-16)11-15-13-17(21(4,5)6)8-10-19(15)18;1-3-7-11(8-4-1)13-12-9-5-2-6-10-12;1-2-4-5-3-1;;;/h7-10,12H,11H2,1-6H3;1-10H;1-5H;2*1H;/q;;;;;+2/p-2. The summed E-state index contributed by atoms with van der Waals surface area (Å²) in [4.78, 5) is 0. The molecule has 42 heavy (non-hydrogen) atoms. The van der Waals surface area contributed by atoms with Gasteiger partial charge in [0.15, 0.2) is 0 Å². The first-order chi connectivity index (χ1) is 19.1. The van der Waals surface area contributed by atoms with Gasteiger partial charge in [-0.25, -0.2) is 0 Å². The zero-order valence-electron chi connectivity index (χ0n) is 25.5. The first-order valence-corrected chi connectivity index (χ1v) is 22.5. The van der Waals surface area contributed by atoms with Crippen LogP contribution in [-0.2, 0) is 37.6 Å². The molecule has 0 saturated heterocycles. The number of rotatable bonds is 4. The van der Waals surface area contributed by atoms with Crippen molar-refractivity contribution in [3.8, 4) is 11.1 Å². The second-order valence-electron chi connectivity index (χ2n) is 13.4. The van der Waals surface area contributed by atoms with Crippen LogP contribution in [0.1, 0.15) is 63.8 Å². The zero-order chi connectivity index (χ0) is 28.1. The van der Waals surface area contributed by atoms with Crippen molar-refractivity contribution in [2.45, 2.75) is 62.4 Å². The molecule has 0 atom stereocenters. The molecule has 4 heteroatoms. The van der Waals surface area contributed by atoms with Crippen LogP contribution < -0.4 is 38.5 Å². The Balaban J connectivity index is 0.00000202. The Labute approximate surface area is 273 Å². The molecule has 214 valence electrons. The summed E-state index contributed by atoms with van der Waals surface area (Å²) < 4.78 is 2.36. The van der Waals surface area contributed by atoms with E-state index in [1.807, 2.05) is 0 Å². The summed E-state index contributed by atoms with van der Waals surface area (Å²) in [6.45, 7) is 14.3. The molecule has 4 aromatic carbocycles. The van der Waals surface area contributed by atoms with Crippen LogP contribution in [0, 0.1) is 0 Å². The number of allylic oxidation sites excluding steroid dienone is 4. The van der Waals surface area contributed by atoms with Crippen molar-refractivity contribution in [1.29, 1.82) is 0 Å². The molecule has 0 aromatic heterocycles. The molecular weight excluding hydrogens is 647 g/mol. The van der Waals surface area contributed by atoms with E-state index in [-0.39, 0.29) is 35.6 Å². The summed E-state index contributed by atoms with van der Waals surface area (Å²) in [6, 6.07) is 35.4. The molecule has 0 aliphatic heterocycles. The molecule has 6 rings (SSSR count). The van der Waals surface area contributed by atoms with Crippen LogP contribution in [-0.4, -0.2) is 5.43 Å². The molecule has 0 nitrogen and oxygen atoms in total. The molecule has 0 saturated carbocycles. The van der Waals surface area contributed by atoms with Crippen LogP contribution in [0.3, 0.4) is 0 Å². The van der Waals surface area contributed by atoms with E-state index in [0.717, 1.165) is 6.42 Å². The maximum absolute atomic E-state index is 2.54. The van der Waals surface area contributed by atoms with Gasteiger partial charge in [0.1, 0.15) is 0 Å². The first-order valence-electron chi connectivity index (χ1n) is 14.6. The fraction of sp³-hybridized carbons (Fsp3) is 0.263. The summed E-state index contributed by atoms with van der Waals surface area (Å²) in [5, 5.41) is 3.15. The average molecular weight is 687 g/mol. The van der Waals surface area contributed by atoms with Gasteiger partial charge in [-0.1, -0.05) is 0 Å². The van der Waals surface area contributed by atoms with E-state index in [0.29, 0.717) is 3.63 Å². The minimum atomic E-state index is -2.49. The second-order valence-corrected chi connectivity index (χ2v) is 27.1. The van der Waals surface area contributed by atoms with Crippen molar-refractivity contribution >= 4 is 19.1 Å². The molecular formula is C38H40Cl2SiZr. The molecule has 0 unspecified atom stereocenters. The molecule has 0 heterocycles. The Morgan fingerprint density at radius 2 is 1.19 bits per heavy atom. The van der Waals surface area contributed by atoms with Crippen LogP contribution in [0.2, 0.25) is 3.63 Å². The Kier molecular flexibility index (Phi) is 10.2. The minimum absolute atomic E-state index is 0. The Morgan fingerprint density at radius 3 is 1.71 bits per heavy atom. The van der Waals surface area contributed by atoms with Gasteiger partial charge in [0.25, 0.3) is 0 Å². The minimum Gasteiger partial charge on any atom is -1.00 e. The van der Waals surface area contributed by atoms with E-state index >= 15 is 0 Å². The molecule has 0 N–H and O–H groups in total. The number of fused-ring (bicyclic) bond motifs is 3. The summed E-state index contributed by atoms with van der Waals surface area (Å²) in [5.74, 6) is 0. The van der Waals surface area contributed by atoms with Crippen LogP contribution in [0.25, 0.3) is 11.1 Å². The summed E-state index contributed by atoms with van der Waals surface area (Å²) in [6.07, 6.45) is 10.8.